The summed E-state index contributed by atoms with van der Waals surface area (Å²) in [4.78, 5) is 2.42. The zero-order chi connectivity index (χ0) is 34.2. The van der Waals surface area contributed by atoms with Gasteiger partial charge in [-0.25, -0.2) is 0 Å². The molecule has 3 aromatic heterocycles. The molecule has 0 fully saturated rings. The first-order valence-corrected chi connectivity index (χ1v) is 18.4. The van der Waals surface area contributed by atoms with Crippen LogP contribution in [-0.2, 0) is 0 Å². The number of benzene rings is 8. The molecule has 4 heteroatoms. The average molecular weight is 683 g/mol. The van der Waals surface area contributed by atoms with E-state index < -0.39 is 0 Å². The van der Waals surface area contributed by atoms with Crippen molar-refractivity contribution in [2.75, 3.05) is 4.90 Å². The predicted molar refractivity (Wildman–Crippen MR) is 221 cm³/mol. The number of furan rings is 1. The molecule has 3 nitrogen and oxygen atoms in total. The molecule has 0 saturated heterocycles. The van der Waals surface area contributed by atoms with Crippen LogP contribution in [0.5, 0.6) is 0 Å². The lowest BCUT2D eigenvalue weighted by atomic mass is 10.00. The Morgan fingerprint density at radius 1 is 0.462 bits per heavy atom. The molecule has 0 saturated carbocycles. The van der Waals surface area contributed by atoms with Crippen molar-refractivity contribution in [3.05, 3.63) is 182 Å². The van der Waals surface area contributed by atoms with Gasteiger partial charge in [-0.3, -0.25) is 0 Å². The van der Waals surface area contributed by atoms with Gasteiger partial charge in [0.1, 0.15) is 11.2 Å². The molecule has 8 aromatic carbocycles. The van der Waals surface area contributed by atoms with Gasteiger partial charge in [0.25, 0.3) is 0 Å². The van der Waals surface area contributed by atoms with Gasteiger partial charge in [-0.05, 0) is 71.8 Å². The van der Waals surface area contributed by atoms with Gasteiger partial charge in [0.05, 0.1) is 16.7 Å². The van der Waals surface area contributed by atoms with Gasteiger partial charge in [-0.1, -0.05) is 115 Å². The van der Waals surface area contributed by atoms with Crippen LogP contribution >= 0.6 is 11.3 Å². The summed E-state index contributed by atoms with van der Waals surface area (Å²) in [5.41, 5.74) is 10.9. The molecule has 0 unspecified atom stereocenters. The first-order chi connectivity index (χ1) is 25.8. The third kappa shape index (κ3) is 4.38. The quantitative estimate of drug-likeness (QED) is 0.180. The van der Waals surface area contributed by atoms with E-state index in [4.69, 9.17) is 4.42 Å². The molecular weight excluding hydrogens is 653 g/mol. The lowest BCUT2D eigenvalue weighted by Gasteiger charge is -2.27. The standard InChI is InChI=1S/C48H30N2OS/c1-2-13-31(14-3-1)35-27-28-43(47-40-20-7-11-24-46(40)52-48(35)47)49(34-25-26-39-38-19-6-10-23-44(38)51-45(39)30-34)32-15-12-16-33(29-32)50-41-21-8-4-17-36(41)37-18-5-9-22-42(37)50/h1-30H. The largest absolute Gasteiger partial charge is 0.456 e. The zero-order valence-electron chi connectivity index (χ0n) is 28.0. The Kier molecular flexibility index (Phi) is 6.42. The second kappa shape index (κ2) is 11.5. The van der Waals surface area contributed by atoms with Crippen molar-refractivity contribution >= 4 is 92.3 Å². The van der Waals surface area contributed by atoms with Crippen molar-refractivity contribution in [2.45, 2.75) is 0 Å². The summed E-state index contributed by atoms with van der Waals surface area (Å²) in [5, 5.41) is 7.24. The third-order valence-electron chi connectivity index (χ3n) is 10.4. The van der Waals surface area contributed by atoms with Crippen molar-refractivity contribution in [2.24, 2.45) is 0 Å². The summed E-state index contributed by atoms with van der Waals surface area (Å²) in [6.07, 6.45) is 0. The molecule has 0 radical (unpaired) electrons. The van der Waals surface area contributed by atoms with Crippen molar-refractivity contribution in [3.63, 3.8) is 0 Å². The third-order valence-corrected chi connectivity index (χ3v) is 11.6. The van der Waals surface area contributed by atoms with E-state index in [0.29, 0.717) is 0 Å². The normalized spacial score (nSPS) is 11.8. The first kappa shape index (κ1) is 29.1. The van der Waals surface area contributed by atoms with E-state index in [1.54, 1.807) is 0 Å². The SMILES string of the molecule is c1ccc(-c2ccc(N(c3cccc(-n4c5ccccc5c5ccccc54)c3)c3ccc4c(c3)oc3ccccc34)c3c2sc2ccccc23)cc1. The molecule has 244 valence electrons. The molecule has 11 aromatic rings. The molecule has 52 heavy (non-hydrogen) atoms. The van der Waals surface area contributed by atoms with Crippen LogP contribution in [-0.4, -0.2) is 4.57 Å². The topological polar surface area (TPSA) is 21.3 Å². The van der Waals surface area contributed by atoms with Gasteiger partial charge in [0.2, 0.25) is 0 Å². The molecule has 0 aliphatic heterocycles. The molecule has 0 aliphatic carbocycles. The van der Waals surface area contributed by atoms with Crippen LogP contribution in [0.1, 0.15) is 0 Å². The summed E-state index contributed by atoms with van der Waals surface area (Å²) in [7, 11) is 0. The first-order valence-electron chi connectivity index (χ1n) is 17.6. The van der Waals surface area contributed by atoms with Crippen molar-refractivity contribution < 1.29 is 4.42 Å². The average Bonchev–Trinajstić information content (AvgIpc) is 3.88. The fourth-order valence-electron chi connectivity index (χ4n) is 8.09. The molecular formula is C48H30N2OS. The maximum Gasteiger partial charge on any atom is 0.137 e. The van der Waals surface area contributed by atoms with Gasteiger partial charge in [0, 0.05) is 64.8 Å². The highest BCUT2D eigenvalue weighted by molar-refractivity contribution is 7.26. The van der Waals surface area contributed by atoms with Gasteiger partial charge in [-0.2, -0.15) is 0 Å². The number of hydrogen-bond donors (Lipinski definition) is 0. The Hall–Kier alpha value is -6.62. The highest BCUT2D eigenvalue weighted by Crippen LogP contribution is 2.49. The summed E-state index contributed by atoms with van der Waals surface area (Å²) in [6, 6.07) is 65.4. The number of anilines is 3. The monoisotopic (exact) mass is 682 g/mol. The summed E-state index contributed by atoms with van der Waals surface area (Å²) < 4.78 is 11.4. The van der Waals surface area contributed by atoms with E-state index in [0.717, 1.165) is 44.7 Å². The van der Waals surface area contributed by atoms with Crippen LogP contribution in [0.25, 0.3) is 80.7 Å². The van der Waals surface area contributed by atoms with Crippen LogP contribution in [0.3, 0.4) is 0 Å². The lowest BCUT2D eigenvalue weighted by Crippen LogP contribution is -2.11. The smallest absolute Gasteiger partial charge is 0.137 e. The molecule has 0 bridgehead atoms. The van der Waals surface area contributed by atoms with E-state index in [2.05, 4.69) is 179 Å². The summed E-state index contributed by atoms with van der Waals surface area (Å²) in [5.74, 6) is 0. The molecule has 0 aliphatic rings. The van der Waals surface area contributed by atoms with Crippen molar-refractivity contribution in [1.29, 1.82) is 0 Å². The second-order valence-electron chi connectivity index (χ2n) is 13.3. The second-order valence-corrected chi connectivity index (χ2v) is 14.4. The highest BCUT2D eigenvalue weighted by atomic mass is 32.1. The Morgan fingerprint density at radius 3 is 1.92 bits per heavy atom. The van der Waals surface area contributed by atoms with Crippen LogP contribution in [0.2, 0.25) is 0 Å². The molecule has 0 atom stereocenters. The highest BCUT2D eigenvalue weighted by Gasteiger charge is 2.23. The number of para-hydroxylation sites is 3. The van der Waals surface area contributed by atoms with E-state index in [-0.39, 0.29) is 0 Å². The summed E-state index contributed by atoms with van der Waals surface area (Å²) in [6.45, 7) is 0. The van der Waals surface area contributed by atoms with E-state index >= 15 is 0 Å². The number of hydrogen-bond acceptors (Lipinski definition) is 3. The number of fused-ring (bicyclic) bond motifs is 9. The minimum absolute atomic E-state index is 0.870. The number of nitrogens with zero attached hydrogens (tertiary/aromatic N) is 2. The van der Waals surface area contributed by atoms with Gasteiger partial charge in [0.15, 0.2) is 0 Å². The molecule has 0 amide bonds. The van der Waals surface area contributed by atoms with Crippen LogP contribution < -0.4 is 4.90 Å². The predicted octanol–water partition coefficient (Wildman–Crippen LogP) is 14.2. The number of rotatable bonds is 5. The van der Waals surface area contributed by atoms with Crippen LogP contribution in [0.15, 0.2) is 186 Å². The van der Waals surface area contributed by atoms with Gasteiger partial charge >= 0.3 is 0 Å². The Balaban J connectivity index is 1.21. The fourth-order valence-corrected chi connectivity index (χ4v) is 9.35. The molecule has 11 rings (SSSR count). The minimum Gasteiger partial charge on any atom is -0.456 e. The van der Waals surface area contributed by atoms with E-state index in [9.17, 15) is 0 Å². The summed E-state index contributed by atoms with van der Waals surface area (Å²) >= 11 is 1.87. The zero-order valence-corrected chi connectivity index (χ0v) is 28.8. The Morgan fingerprint density at radius 2 is 1.12 bits per heavy atom. The maximum atomic E-state index is 6.48. The fraction of sp³-hybridized carbons (Fsp3) is 0. The molecule has 0 spiro atoms. The van der Waals surface area contributed by atoms with E-state index in [1.165, 1.54) is 53.1 Å². The van der Waals surface area contributed by atoms with Crippen LogP contribution in [0.4, 0.5) is 17.1 Å². The van der Waals surface area contributed by atoms with Crippen molar-refractivity contribution in [1.82, 2.24) is 4.57 Å². The Labute approximate surface area is 303 Å². The molecule has 0 N–H and O–H groups in total. The Bertz CT molecular complexity index is 3100. The minimum atomic E-state index is 0.870. The lowest BCUT2D eigenvalue weighted by molar-refractivity contribution is 0.669. The van der Waals surface area contributed by atoms with Crippen LogP contribution in [0, 0.1) is 0 Å². The van der Waals surface area contributed by atoms with Gasteiger partial charge < -0.3 is 13.9 Å². The maximum absolute atomic E-state index is 6.48. The van der Waals surface area contributed by atoms with Crippen molar-refractivity contribution in [3.8, 4) is 16.8 Å². The number of thiophene rings is 1. The van der Waals surface area contributed by atoms with E-state index in [1.807, 2.05) is 23.5 Å². The molecule has 3 heterocycles. The van der Waals surface area contributed by atoms with Gasteiger partial charge in [-0.15, -0.1) is 11.3 Å². The number of aromatic nitrogens is 1.